The molecular weight excluding hydrogens is 370 g/mol. The number of carbonyl (C=O) groups excluding carboxylic acids is 1. The number of hydrogen-bond donors (Lipinski definition) is 2. The molecule has 0 radical (unpaired) electrons. The molecule has 0 aliphatic rings. The lowest BCUT2D eigenvalue weighted by Crippen LogP contribution is -2.13. The molecule has 0 unspecified atom stereocenters. The number of ether oxygens (including phenoxy) is 1. The van der Waals surface area contributed by atoms with Gasteiger partial charge in [0.2, 0.25) is 5.91 Å². The standard InChI is InChI=1S/C19H18ClN3O4/c1-12-10-14(20)7-8-16(12)26-9-3-6-17(24)21-15-5-2-4-13(11-15)18-22-19(25)27-23-18/h2,4-5,7-8,10-11H,3,6,9H2,1H3,(H,21,24)(H,22,23,25). The van der Waals surface area contributed by atoms with Gasteiger partial charge in [0, 0.05) is 22.7 Å². The van der Waals surface area contributed by atoms with Crippen LogP contribution < -0.4 is 15.8 Å². The summed E-state index contributed by atoms with van der Waals surface area (Å²) in [4.78, 5) is 25.6. The van der Waals surface area contributed by atoms with E-state index in [4.69, 9.17) is 16.3 Å². The Bertz CT molecular complexity index is 996. The number of anilines is 1. The first-order chi connectivity index (χ1) is 13.0. The summed E-state index contributed by atoms with van der Waals surface area (Å²) in [6, 6.07) is 12.4. The molecule has 3 rings (SSSR count). The van der Waals surface area contributed by atoms with Gasteiger partial charge >= 0.3 is 5.76 Å². The molecule has 0 aliphatic carbocycles. The van der Waals surface area contributed by atoms with Gasteiger partial charge in [0.05, 0.1) is 6.61 Å². The predicted molar refractivity (Wildman–Crippen MR) is 102 cm³/mol. The molecule has 2 aromatic carbocycles. The monoisotopic (exact) mass is 387 g/mol. The number of benzene rings is 2. The van der Waals surface area contributed by atoms with Crippen molar-refractivity contribution in [2.24, 2.45) is 0 Å². The van der Waals surface area contributed by atoms with Crippen molar-refractivity contribution in [3.05, 3.63) is 63.6 Å². The number of H-pyrrole nitrogens is 1. The summed E-state index contributed by atoms with van der Waals surface area (Å²) >= 11 is 5.91. The molecule has 1 aromatic heterocycles. The van der Waals surface area contributed by atoms with E-state index in [-0.39, 0.29) is 5.91 Å². The number of halogens is 1. The van der Waals surface area contributed by atoms with Crippen LogP contribution in [0.1, 0.15) is 18.4 Å². The predicted octanol–water partition coefficient (Wildman–Crippen LogP) is 3.79. The Kier molecular flexibility index (Phi) is 5.93. The van der Waals surface area contributed by atoms with Gasteiger partial charge in [-0.15, -0.1) is 0 Å². The van der Waals surface area contributed by atoms with Crippen molar-refractivity contribution in [2.75, 3.05) is 11.9 Å². The smallest absolute Gasteiger partial charge is 0.439 e. The lowest BCUT2D eigenvalue weighted by atomic mass is 10.2. The minimum Gasteiger partial charge on any atom is -0.493 e. The third-order valence-corrected chi connectivity index (χ3v) is 4.04. The number of aromatic nitrogens is 2. The van der Waals surface area contributed by atoms with Crippen molar-refractivity contribution < 1.29 is 14.1 Å². The fourth-order valence-corrected chi connectivity index (χ4v) is 2.74. The van der Waals surface area contributed by atoms with E-state index in [2.05, 4.69) is 20.0 Å². The average Bonchev–Trinajstić information content (AvgIpc) is 3.07. The van der Waals surface area contributed by atoms with E-state index in [1.54, 1.807) is 30.3 Å². The maximum atomic E-state index is 12.1. The maximum Gasteiger partial charge on any atom is 0.439 e. The second-order valence-electron chi connectivity index (χ2n) is 5.93. The highest BCUT2D eigenvalue weighted by atomic mass is 35.5. The summed E-state index contributed by atoms with van der Waals surface area (Å²) in [5.41, 5.74) is 2.20. The van der Waals surface area contributed by atoms with E-state index in [1.807, 2.05) is 19.1 Å². The molecular formula is C19H18ClN3O4. The number of hydrogen-bond acceptors (Lipinski definition) is 5. The van der Waals surface area contributed by atoms with Crippen molar-refractivity contribution in [3.8, 4) is 17.1 Å². The third-order valence-electron chi connectivity index (χ3n) is 3.80. The average molecular weight is 388 g/mol. The van der Waals surface area contributed by atoms with Gasteiger partial charge in [-0.25, -0.2) is 4.79 Å². The molecule has 0 bridgehead atoms. The Labute approximate surface area is 160 Å². The van der Waals surface area contributed by atoms with Crippen LogP contribution in [0.25, 0.3) is 11.4 Å². The molecule has 27 heavy (non-hydrogen) atoms. The van der Waals surface area contributed by atoms with Crippen molar-refractivity contribution in [1.82, 2.24) is 10.1 Å². The summed E-state index contributed by atoms with van der Waals surface area (Å²) in [5, 5.41) is 7.10. The molecule has 8 heteroatoms. The van der Waals surface area contributed by atoms with Gasteiger partial charge < -0.3 is 10.1 Å². The number of amides is 1. The summed E-state index contributed by atoms with van der Waals surface area (Å²) in [7, 11) is 0. The van der Waals surface area contributed by atoms with E-state index < -0.39 is 5.76 Å². The molecule has 140 valence electrons. The van der Waals surface area contributed by atoms with Crippen LogP contribution in [-0.4, -0.2) is 22.7 Å². The number of nitrogens with zero attached hydrogens (tertiary/aromatic N) is 1. The van der Waals surface area contributed by atoms with Crippen LogP contribution in [0.3, 0.4) is 0 Å². The Balaban J connectivity index is 1.49. The van der Waals surface area contributed by atoms with Crippen LogP contribution in [0.15, 0.2) is 51.8 Å². The first-order valence-corrected chi connectivity index (χ1v) is 8.74. The van der Waals surface area contributed by atoms with E-state index in [0.29, 0.717) is 41.5 Å². The van der Waals surface area contributed by atoms with Crippen LogP contribution in [0.2, 0.25) is 5.02 Å². The second kappa shape index (κ2) is 8.55. The Morgan fingerprint density at radius 1 is 1.30 bits per heavy atom. The van der Waals surface area contributed by atoms with Crippen molar-refractivity contribution >= 4 is 23.2 Å². The van der Waals surface area contributed by atoms with Gasteiger partial charge in [-0.2, -0.15) is 0 Å². The first kappa shape index (κ1) is 18.7. The van der Waals surface area contributed by atoms with Crippen LogP contribution in [0, 0.1) is 6.92 Å². The topological polar surface area (TPSA) is 97.2 Å². The molecule has 1 amide bonds. The van der Waals surface area contributed by atoms with Crippen LogP contribution >= 0.6 is 11.6 Å². The number of nitrogens with one attached hydrogen (secondary N) is 2. The van der Waals surface area contributed by atoms with Gasteiger partial charge in [-0.05, 0) is 49.2 Å². The summed E-state index contributed by atoms with van der Waals surface area (Å²) in [6.07, 6.45) is 0.891. The second-order valence-corrected chi connectivity index (χ2v) is 6.37. The number of aryl methyl sites for hydroxylation is 1. The minimum atomic E-state index is -0.629. The summed E-state index contributed by atoms with van der Waals surface area (Å²) < 4.78 is 10.2. The molecule has 1 heterocycles. The molecule has 0 spiro atoms. The normalized spacial score (nSPS) is 10.6. The fraction of sp³-hybridized carbons (Fsp3) is 0.211. The molecule has 0 saturated carbocycles. The Morgan fingerprint density at radius 2 is 2.15 bits per heavy atom. The minimum absolute atomic E-state index is 0.128. The van der Waals surface area contributed by atoms with E-state index in [0.717, 1.165) is 11.3 Å². The Morgan fingerprint density at radius 3 is 2.89 bits per heavy atom. The van der Waals surface area contributed by atoms with Crippen LogP contribution in [0.4, 0.5) is 5.69 Å². The zero-order chi connectivity index (χ0) is 19.2. The van der Waals surface area contributed by atoms with Crippen molar-refractivity contribution in [1.29, 1.82) is 0 Å². The maximum absolute atomic E-state index is 12.1. The molecule has 0 atom stereocenters. The zero-order valence-electron chi connectivity index (χ0n) is 14.6. The van der Waals surface area contributed by atoms with Crippen molar-refractivity contribution in [2.45, 2.75) is 19.8 Å². The summed E-state index contributed by atoms with van der Waals surface area (Å²) in [5.74, 6) is 0.310. The number of aromatic amines is 1. The number of carbonyl (C=O) groups is 1. The van der Waals surface area contributed by atoms with Crippen molar-refractivity contribution in [3.63, 3.8) is 0 Å². The lowest BCUT2D eigenvalue weighted by molar-refractivity contribution is -0.116. The van der Waals surface area contributed by atoms with E-state index in [9.17, 15) is 9.59 Å². The molecule has 2 N–H and O–H groups in total. The van der Waals surface area contributed by atoms with Gasteiger partial charge in [-0.3, -0.25) is 14.3 Å². The highest BCUT2D eigenvalue weighted by Crippen LogP contribution is 2.22. The highest BCUT2D eigenvalue weighted by molar-refractivity contribution is 6.30. The number of rotatable bonds is 7. The van der Waals surface area contributed by atoms with Gasteiger partial charge in [-0.1, -0.05) is 28.9 Å². The van der Waals surface area contributed by atoms with Crippen LogP contribution in [-0.2, 0) is 4.79 Å². The summed E-state index contributed by atoms with van der Waals surface area (Å²) in [6.45, 7) is 2.35. The zero-order valence-corrected chi connectivity index (χ0v) is 15.4. The third kappa shape index (κ3) is 5.21. The molecule has 0 aliphatic heterocycles. The van der Waals surface area contributed by atoms with E-state index >= 15 is 0 Å². The fourth-order valence-electron chi connectivity index (χ4n) is 2.51. The largest absolute Gasteiger partial charge is 0.493 e. The first-order valence-electron chi connectivity index (χ1n) is 8.36. The van der Waals surface area contributed by atoms with E-state index in [1.165, 1.54) is 0 Å². The molecule has 7 nitrogen and oxygen atoms in total. The molecule has 0 saturated heterocycles. The van der Waals surface area contributed by atoms with Gasteiger partial charge in [0.25, 0.3) is 0 Å². The van der Waals surface area contributed by atoms with Gasteiger partial charge in [0.15, 0.2) is 5.82 Å². The quantitative estimate of drug-likeness (QED) is 0.601. The van der Waals surface area contributed by atoms with Crippen LogP contribution in [0.5, 0.6) is 5.75 Å². The van der Waals surface area contributed by atoms with Gasteiger partial charge in [0.1, 0.15) is 5.75 Å². The highest BCUT2D eigenvalue weighted by Gasteiger charge is 2.08. The SMILES string of the molecule is Cc1cc(Cl)ccc1OCCCC(=O)Nc1cccc(-c2noc(=O)[nH]2)c1. The lowest BCUT2D eigenvalue weighted by Gasteiger charge is -2.10. The molecule has 0 fully saturated rings. The molecule has 3 aromatic rings. The Hall–Kier alpha value is -3.06.